The smallest absolute Gasteiger partial charge is 0.161 e. The first-order valence-electron chi connectivity index (χ1n) is 7.54. The molecule has 0 radical (unpaired) electrons. The van der Waals surface area contributed by atoms with Crippen molar-refractivity contribution in [2.45, 2.75) is 19.3 Å². The van der Waals surface area contributed by atoms with Crippen LogP contribution >= 0.6 is 15.9 Å². The molecule has 0 bridgehead atoms. The summed E-state index contributed by atoms with van der Waals surface area (Å²) in [5, 5.41) is 1.06. The van der Waals surface area contributed by atoms with E-state index in [4.69, 9.17) is 0 Å². The van der Waals surface area contributed by atoms with Crippen LogP contribution in [0.1, 0.15) is 19.3 Å². The van der Waals surface area contributed by atoms with Gasteiger partial charge in [0.15, 0.2) is 5.78 Å². The van der Waals surface area contributed by atoms with Gasteiger partial charge in [-0.15, -0.1) is 0 Å². The van der Waals surface area contributed by atoms with E-state index in [1.165, 1.54) is 0 Å². The molecule has 0 atom stereocenters. The van der Waals surface area contributed by atoms with Crippen LogP contribution in [0.4, 0.5) is 5.82 Å². The Morgan fingerprint density at radius 2 is 2.00 bits per heavy atom. The van der Waals surface area contributed by atoms with Gasteiger partial charge >= 0.3 is 0 Å². The van der Waals surface area contributed by atoms with Crippen molar-refractivity contribution in [3.05, 3.63) is 41.2 Å². The fourth-order valence-corrected chi connectivity index (χ4v) is 3.89. The van der Waals surface area contributed by atoms with Gasteiger partial charge in [-0.2, -0.15) is 0 Å². The van der Waals surface area contributed by atoms with Crippen molar-refractivity contribution in [2.75, 3.05) is 18.0 Å². The highest BCUT2D eigenvalue weighted by Crippen LogP contribution is 2.41. The SMILES string of the molecule is O=C1C=CCC12CCN(c1ncnc3ccc(Br)cc13)CC2. The minimum absolute atomic E-state index is 0.139. The Bertz CT molecular complexity index is 779. The van der Waals surface area contributed by atoms with E-state index < -0.39 is 0 Å². The minimum Gasteiger partial charge on any atom is -0.356 e. The summed E-state index contributed by atoms with van der Waals surface area (Å²) < 4.78 is 1.03. The summed E-state index contributed by atoms with van der Waals surface area (Å²) in [4.78, 5) is 23.2. The van der Waals surface area contributed by atoms with E-state index in [9.17, 15) is 4.79 Å². The van der Waals surface area contributed by atoms with Crippen molar-refractivity contribution in [2.24, 2.45) is 5.41 Å². The largest absolute Gasteiger partial charge is 0.356 e. The number of nitrogens with zero attached hydrogens (tertiary/aromatic N) is 3. The maximum absolute atomic E-state index is 12.1. The van der Waals surface area contributed by atoms with Crippen LogP contribution in [0.3, 0.4) is 0 Å². The van der Waals surface area contributed by atoms with Crippen molar-refractivity contribution in [1.29, 1.82) is 0 Å². The quantitative estimate of drug-likeness (QED) is 0.783. The maximum atomic E-state index is 12.1. The number of aromatic nitrogens is 2. The molecule has 1 saturated heterocycles. The standard InChI is InChI=1S/C17H16BrN3O/c18-12-3-4-14-13(10-12)16(20-11-19-14)21-8-6-17(7-9-21)5-1-2-15(17)22/h1-4,10-11H,5-9H2. The second-order valence-electron chi connectivity index (χ2n) is 6.10. The van der Waals surface area contributed by atoms with Crippen molar-refractivity contribution in [1.82, 2.24) is 9.97 Å². The molecule has 1 spiro atoms. The number of halogens is 1. The number of carbonyl (C=O) groups is 1. The van der Waals surface area contributed by atoms with Crippen LogP contribution in [0.2, 0.25) is 0 Å². The average molecular weight is 358 g/mol. The molecule has 1 aliphatic carbocycles. The molecule has 0 amide bonds. The second kappa shape index (κ2) is 5.16. The first kappa shape index (κ1) is 13.9. The van der Waals surface area contributed by atoms with Gasteiger partial charge in [0, 0.05) is 28.4 Å². The van der Waals surface area contributed by atoms with Crippen molar-refractivity contribution in [3.8, 4) is 0 Å². The van der Waals surface area contributed by atoms with Gasteiger partial charge < -0.3 is 4.90 Å². The number of ketones is 1. The number of hydrogen-bond acceptors (Lipinski definition) is 4. The Balaban J connectivity index is 1.64. The topological polar surface area (TPSA) is 46.1 Å². The summed E-state index contributed by atoms with van der Waals surface area (Å²) >= 11 is 3.52. The summed E-state index contributed by atoms with van der Waals surface area (Å²) in [6, 6.07) is 6.06. The zero-order chi connectivity index (χ0) is 15.2. The summed E-state index contributed by atoms with van der Waals surface area (Å²) in [7, 11) is 0. The fraction of sp³-hybridized carbons (Fsp3) is 0.353. The van der Waals surface area contributed by atoms with Gasteiger partial charge in [-0.25, -0.2) is 9.97 Å². The van der Waals surface area contributed by atoms with Crippen LogP contribution in [-0.4, -0.2) is 28.8 Å². The monoisotopic (exact) mass is 357 g/mol. The van der Waals surface area contributed by atoms with Crippen LogP contribution in [0.5, 0.6) is 0 Å². The van der Waals surface area contributed by atoms with Gasteiger partial charge in [-0.1, -0.05) is 22.0 Å². The van der Waals surface area contributed by atoms with Crippen LogP contribution in [0.15, 0.2) is 41.2 Å². The number of hydrogen-bond donors (Lipinski definition) is 0. The summed E-state index contributed by atoms with van der Waals surface area (Å²) in [5.41, 5.74) is 0.812. The molecule has 0 unspecified atom stereocenters. The molecule has 22 heavy (non-hydrogen) atoms. The van der Waals surface area contributed by atoms with Gasteiger partial charge in [0.1, 0.15) is 12.1 Å². The molecule has 5 heteroatoms. The van der Waals surface area contributed by atoms with E-state index in [1.807, 2.05) is 18.2 Å². The Labute approximate surface area is 137 Å². The first-order chi connectivity index (χ1) is 10.7. The number of rotatable bonds is 1. The summed E-state index contributed by atoms with van der Waals surface area (Å²) in [6.07, 6.45) is 8.10. The number of benzene rings is 1. The lowest BCUT2D eigenvalue weighted by atomic mass is 9.75. The number of fused-ring (bicyclic) bond motifs is 1. The van der Waals surface area contributed by atoms with Crippen molar-refractivity contribution in [3.63, 3.8) is 0 Å². The molecular formula is C17H16BrN3O. The van der Waals surface area contributed by atoms with E-state index in [1.54, 1.807) is 12.4 Å². The fourth-order valence-electron chi connectivity index (χ4n) is 3.53. The number of carbonyl (C=O) groups excluding carboxylic acids is 1. The minimum atomic E-state index is -0.139. The molecule has 2 aromatic rings. The van der Waals surface area contributed by atoms with Gasteiger partial charge in [0.2, 0.25) is 0 Å². The van der Waals surface area contributed by atoms with Crippen LogP contribution in [0, 0.1) is 5.41 Å². The zero-order valence-corrected chi connectivity index (χ0v) is 13.7. The predicted molar refractivity (Wildman–Crippen MR) is 89.9 cm³/mol. The van der Waals surface area contributed by atoms with Gasteiger partial charge in [0.25, 0.3) is 0 Å². The first-order valence-corrected chi connectivity index (χ1v) is 8.33. The lowest BCUT2D eigenvalue weighted by Gasteiger charge is -2.39. The molecule has 0 saturated carbocycles. The highest BCUT2D eigenvalue weighted by molar-refractivity contribution is 9.10. The van der Waals surface area contributed by atoms with Gasteiger partial charge in [-0.3, -0.25) is 4.79 Å². The third kappa shape index (κ3) is 2.15. The highest BCUT2D eigenvalue weighted by atomic mass is 79.9. The van der Waals surface area contributed by atoms with E-state index in [2.05, 4.69) is 36.9 Å². The highest BCUT2D eigenvalue weighted by Gasteiger charge is 2.41. The number of allylic oxidation sites excluding steroid dienone is 2. The second-order valence-corrected chi connectivity index (χ2v) is 7.01. The van der Waals surface area contributed by atoms with Crippen LogP contribution < -0.4 is 4.90 Å². The van der Waals surface area contributed by atoms with Crippen LogP contribution in [-0.2, 0) is 4.79 Å². The van der Waals surface area contributed by atoms with E-state index in [0.29, 0.717) is 5.78 Å². The molecular weight excluding hydrogens is 342 g/mol. The Kier molecular flexibility index (Phi) is 3.26. The molecule has 0 N–H and O–H groups in total. The van der Waals surface area contributed by atoms with E-state index in [0.717, 1.165) is 53.5 Å². The summed E-state index contributed by atoms with van der Waals surface area (Å²) in [6.45, 7) is 1.73. The molecule has 1 aliphatic heterocycles. The molecule has 4 rings (SSSR count). The van der Waals surface area contributed by atoms with Crippen molar-refractivity contribution < 1.29 is 4.79 Å². The van der Waals surface area contributed by atoms with Gasteiger partial charge in [0.05, 0.1) is 5.52 Å². The van der Waals surface area contributed by atoms with E-state index in [-0.39, 0.29) is 5.41 Å². The molecule has 2 aliphatic rings. The van der Waals surface area contributed by atoms with Gasteiger partial charge in [-0.05, 0) is 43.5 Å². The Hall–Kier alpha value is -1.75. The Morgan fingerprint density at radius 1 is 1.18 bits per heavy atom. The molecule has 1 fully saturated rings. The van der Waals surface area contributed by atoms with Crippen LogP contribution in [0.25, 0.3) is 10.9 Å². The average Bonchev–Trinajstić information content (AvgIpc) is 2.88. The molecule has 1 aromatic heterocycles. The van der Waals surface area contributed by atoms with E-state index >= 15 is 0 Å². The number of anilines is 1. The molecule has 2 heterocycles. The Morgan fingerprint density at radius 3 is 2.73 bits per heavy atom. The predicted octanol–water partition coefficient (Wildman–Crippen LogP) is 3.51. The zero-order valence-electron chi connectivity index (χ0n) is 12.1. The molecule has 4 nitrogen and oxygen atoms in total. The molecule has 1 aromatic carbocycles. The number of piperidine rings is 1. The lowest BCUT2D eigenvalue weighted by Crippen LogP contribution is -2.42. The lowest BCUT2D eigenvalue weighted by molar-refractivity contribution is -0.123. The summed E-state index contributed by atoms with van der Waals surface area (Å²) in [5.74, 6) is 1.28. The maximum Gasteiger partial charge on any atom is 0.161 e. The third-order valence-electron chi connectivity index (χ3n) is 4.90. The molecule has 112 valence electrons. The van der Waals surface area contributed by atoms with Crippen molar-refractivity contribution >= 4 is 38.4 Å². The third-order valence-corrected chi connectivity index (χ3v) is 5.39. The normalized spacial score (nSPS) is 20.2.